The van der Waals surface area contributed by atoms with Crippen molar-refractivity contribution in [3.8, 4) is 0 Å². The number of nitrogens with one attached hydrogen (secondary N) is 1. The minimum absolute atomic E-state index is 0.220. The van der Waals surface area contributed by atoms with E-state index in [1.807, 2.05) is 0 Å². The van der Waals surface area contributed by atoms with Gasteiger partial charge in [-0.25, -0.2) is 21.9 Å². The quantitative estimate of drug-likeness (QED) is 0.871. The van der Waals surface area contributed by atoms with Crippen molar-refractivity contribution < 1.29 is 21.7 Å². The zero-order valence-electron chi connectivity index (χ0n) is 12.3. The van der Waals surface area contributed by atoms with Crippen LogP contribution in [0.5, 0.6) is 0 Å². The second kappa shape index (κ2) is 5.64. The van der Waals surface area contributed by atoms with Gasteiger partial charge in [-0.15, -0.1) is 0 Å². The summed E-state index contributed by atoms with van der Waals surface area (Å²) in [5.74, 6) is -3.80. The van der Waals surface area contributed by atoms with E-state index in [2.05, 4.69) is 9.88 Å². The number of halogens is 2. The van der Waals surface area contributed by atoms with Gasteiger partial charge in [-0.05, 0) is 33.6 Å². The highest BCUT2D eigenvalue weighted by Gasteiger charge is 2.49. The van der Waals surface area contributed by atoms with Crippen molar-refractivity contribution in [2.45, 2.75) is 52.0 Å². The van der Waals surface area contributed by atoms with Crippen LogP contribution < -0.4 is 4.72 Å². The lowest BCUT2D eigenvalue weighted by Crippen LogP contribution is -2.46. The van der Waals surface area contributed by atoms with Gasteiger partial charge < -0.3 is 4.52 Å². The standard InChI is InChI=1S/C13H20F2N2O3S/c1-8(6-12-9(2)16-20-10(12)3)17-21(18,19)7-11-4-5-13(11,14)15/h8,11,17H,4-7H2,1-3H3. The smallest absolute Gasteiger partial charge is 0.251 e. The highest BCUT2D eigenvalue weighted by atomic mass is 32.2. The fraction of sp³-hybridized carbons (Fsp3) is 0.769. The summed E-state index contributed by atoms with van der Waals surface area (Å²) in [6.45, 7) is 5.23. The average Bonchev–Trinajstić information content (AvgIpc) is 2.66. The molecular formula is C13H20F2N2O3S. The number of aryl methyl sites for hydroxylation is 2. The molecule has 0 saturated heterocycles. The number of aromatic nitrogens is 1. The Balaban J connectivity index is 1.94. The molecule has 1 saturated carbocycles. The van der Waals surface area contributed by atoms with Crippen molar-refractivity contribution in [2.75, 3.05) is 5.75 Å². The summed E-state index contributed by atoms with van der Waals surface area (Å²) in [6, 6.07) is -0.402. The Labute approximate surface area is 123 Å². The van der Waals surface area contributed by atoms with Gasteiger partial charge in [0.25, 0.3) is 5.92 Å². The molecule has 5 nitrogen and oxygen atoms in total. The molecule has 8 heteroatoms. The monoisotopic (exact) mass is 322 g/mol. The molecule has 1 aliphatic rings. The first-order chi connectivity index (χ1) is 9.61. The van der Waals surface area contributed by atoms with E-state index < -0.39 is 33.7 Å². The number of hydrogen-bond acceptors (Lipinski definition) is 4. The average molecular weight is 322 g/mol. The SMILES string of the molecule is Cc1noc(C)c1CC(C)NS(=O)(=O)CC1CCC1(F)F. The topological polar surface area (TPSA) is 72.2 Å². The van der Waals surface area contributed by atoms with Gasteiger partial charge in [-0.3, -0.25) is 0 Å². The van der Waals surface area contributed by atoms with E-state index in [9.17, 15) is 17.2 Å². The lowest BCUT2D eigenvalue weighted by atomic mass is 9.82. The molecule has 0 bridgehead atoms. The molecule has 0 radical (unpaired) electrons. The van der Waals surface area contributed by atoms with Crippen LogP contribution in [0.1, 0.15) is 36.8 Å². The second-order valence-electron chi connectivity index (χ2n) is 5.80. The van der Waals surface area contributed by atoms with E-state index in [1.54, 1.807) is 20.8 Å². The first-order valence-electron chi connectivity index (χ1n) is 6.90. The second-order valence-corrected chi connectivity index (χ2v) is 7.60. The molecule has 0 amide bonds. The van der Waals surface area contributed by atoms with Crippen molar-refractivity contribution in [2.24, 2.45) is 5.92 Å². The third kappa shape index (κ3) is 3.79. The molecule has 2 unspecified atom stereocenters. The summed E-state index contributed by atoms with van der Waals surface area (Å²) in [5, 5.41) is 3.80. The molecular weight excluding hydrogens is 302 g/mol. The molecule has 2 rings (SSSR count). The number of hydrogen-bond donors (Lipinski definition) is 1. The van der Waals surface area contributed by atoms with Crippen LogP contribution in [-0.4, -0.2) is 31.3 Å². The number of nitrogens with zero attached hydrogens (tertiary/aromatic N) is 1. The molecule has 1 aliphatic carbocycles. The largest absolute Gasteiger partial charge is 0.361 e. The first kappa shape index (κ1) is 16.4. The number of sulfonamides is 1. The number of alkyl halides is 2. The Kier molecular flexibility index (Phi) is 4.39. The maximum atomic E-state index is 13.2. The van der Waals surface area contributed by atoms with Crippen LogP contribution >= 0.6 is 0 Å². The first-order valence-corrected chi connectivity index (χ1v) is 8.55. The fourth-order valence-electron chi connectivity index (χ4n) is 2.53. The van der Waals surface area contributed by atoms with E-state index in [1.165, 1.54) is 0 Å². The van der Waals surface area contributed by atoms with Crippen molar-refractivity contribution >= 4 is 10.0 Å². The van der Waals surface area contributed by atoms with E-state index >= 15 is 0 Å². The summed E-state index contributed by atoms with van der Waals surface area (Å²) in [6.07, 6.45) is 0.454. The van der Waals surface area contributed by atoms with Gasteiger partial charge in [0.2, 0.25) is 10.0 Å². The predicted octanol–water partition coefficient (Wildman–Crippen LogP) is 2.19. The van der Waals surface area contributed by atoms with Crippen molar-refractivity contribution in [1.29, 1.82) is 0 Å². The minimum Gasteiger partial charge on any atom is -0.361 e. The van der Waals surface area contributed by atoms with Crippen LogP contribution in [0.3, 0.4) is 0 Å². The van der Waals surface area contributed by atoms with E-state index in [-0.39, 0.29) is 12.8 Å². The molecule has 1 fully saturated rings. The maximum Gasteiger partial charge on any atom is 0.251 e. The molecule has 1 heterocycles. The lowest BCUT2D eigenvalue weighted by Gasteiger charge is -2.36. The molecule has 0 aliphatic heterocycles. The van der Waals surface area contributed by atoms with E-state index in [4.69, 9.17) is 4.52 Å². The molecule has 120 valence electrons. The third-order valence-corrected chi connectivity index (χ3v) is 5.52. The maximum absolute atomic E-state index is 13.2. The Morgan fingerprint density at radius 2 is 2.14 bits per heavy atom. The fourth-order valence-corrected chi connectivity index (χ4v) is 4.27. The zero-order chi connectivity index (χ0) is 15.8. The van der Waals surface area contributed by atoms with E-state index in [0.29, 0.717) is 17.9 Å². The highest BCUT2D eigenvalue weighted by molar-refractivity contribution is 7.89. The Bertz CT molecular complexity index is 593. The summed E-state index contributed by atoms with van der Waals surface area (Å²) in [5.41, 5.74) is 1.56. The van der Waals surface area contributed by atoms with Gasteiger partial charge >= 0.3 is 0 Å². The molecule has 1 aromatic rings. The number of rotatable bonds is 6. The molecule has 21 heavy (non-hydrogen) atoms. The van der Waals surface area contributed by atoms with Crippen LogP contribution in [0.15, 0.2) is 4.52 Å². The van der Waals surface area contributed by atoms with Crippen molar-refractivity contribution in [3.63, 3.8) is 0 Å². The molecule has 2 atom stereocenters. The van der Waals surface area contributed by atoms with Crippen molar-refractivity contribution in [3.05, 3.63) is 17.0 Å². The van der Waals surface area contributed by atoms with Gasteiger partial charge in [0.15, 0.2) is 0 Å². The van der Waals surface area contributed by atoms with Gasteiger partial charge in [0, 0.05) is 23.9 Å². The van der Waals surface area contributed by atoms with Crippen LogP contribution in [0.4, 0.5) is 8.78 Å². The van der Waals surface area contributed by atoms with Gasteiger partial charge in [0.1, 0.15) is 5.76 Å². The zero-order valence-corrected chi connectivity index (χ0v) is 13.1. The van der Waals surface area contributed by atoms with Crippen LogP contribution in [0.25, 0.3) is 0 Å². The van der Waals surface area contributed by atoms with Crippen LogP contribution in [-0.2, 0) is 16.4 Å². The molecule has 1 aromatic heterocycles. The normalized spacial score (nSPS) is 22.8. The molecule has 0 aromatic carbocycles. The summed E-state index contributed by atoms with van der Waals surface area (Å²) in [4.78, 5) is 0. The molecule has 1 N–H and O–H groups in total. The highest BCUT2D eigenvalue weighted by Crippen LogP contribution is 2.43. The summed E-state index contributed by atoms with van der Waals surface area (Å²) >= 11 is 0. The van der Waals surface area contributed by atoms with Crippen LogP contribution in [0.2, 0.25) is 0 Å². The minimum atomic E-state index is -3.72. The Hall–Kier alpha value is -1.02. The van der Waals surface area contributed by atoms with Gasteiger partial charge in [-0.2, -0.15) is 0 Å². The Morgan fingerprint density at radius 3 is 2.57 bits per heavy atom. The summed E-state index contributed by atoms with van der Waals surface area (Å²) < 4.78 is 57.7. The predicted molar refractivity (Wildman–Crippen MR) is 73.7 cm³/mol. The lowest BCUT2D eigenvalue weighted by molar-refractivity contribution is -0.122. The van der Waals surface area contributed by atoms with Gasteiger partial charge in [-0.1, -0.05) is 5.16 Å². The summed E-state index contributed by atoms with van der Waals surface area (Å²) in [7, 11) is -3.72. The van der Waals surface area contributed by atoms with Crippen molar-refractivity contribution in [1.82, 2.24) is 9.88 Å². The Morgan fingerprint density at radius 1 is 1.48 bits per heavy atom. The third-order valence-electron chi connectivity index (χ3n) is 3.92. The van der Waals surface area contributed by atoms with E-state index in [0.717, 1.165) is 5.56 Å². The van der Waals surface area contributed by atoms with Gasteiger partial charge in [0.05, 0.1) is 11.4 Å². The molecule has 0 spiro atoms. The van der Waals surface area contributed by atoms with Crippen LogP contribution in [0, 0.1) is 19.8 Å².